The molecule has 0 saturated heterocycles. The average molecular weight is 252 g/mol. The van der Waals surface area contributed by atoms with Crippen LogP contribution in [-0.4, -0.2) is 0 Å². The molecule has 0 bridgehead atoms. The van der Waals surface area contributed by atoms with Gasteiger partial charge in [-0.1, -0.05) is 0 Å². The molecule has 6 heteroatoms. The standard InChI is InChI=1S/2C6H10N2O/c2*7-3-5-1-2-6(4-8)9-5/h2*1-2H,3-4,7-8H2. The molecule has 100 valence electrons. The van der Waals surface area contributed by atoms with Gasteiger partial charge in [0.2, 0.25) is 0 Å². The van der Waals surface area contributed by atoms with E-state index < -0.39 is 0 Å². The molecule has 0 aromatic carbocycles. The van der Waals surface area contributed by atoms with Crippen LogP contribution in [0.2, 0.25) is 0 Å². The van der Waals surface area contributed by atoms with Crippen molar-refractivity contribution in [1.29, 1.82) is 0 Å². The van der Waals surface area contributed by atoms with E-state index >= 15 is 0 Å². The highest BCUT2D eigenvalue weighted by Crippen LogP contribution is 2.05. The van der Waals surface area contributed by atoms with Crippen molar-refractivity contribution in [2.75, 3.05) is 0 Å². The third kappa shape index (κ3) is 4.34. The predicted molar refractivity (Wildman–Crippen MR) is 69.0 cm³/mol. The third-order valence-electron chi connectivity index (χ3n) is 2.24. The first-order valence-corrected chi connectivity index (χ1v) is 5.69. The van der Waals surface area contributed by atoms with Crippen LogP contribution < -0.4 is 22.9 Å². The second kappa shape index (κ2) is 7.67. The van der Waals surface area contributed by atoms with Crippen LogP contribution in [0.4, 0.5) is 0 Å². The van der Waals surface area contributed by atoms with Gasteiger partial charge in [0.1, 0.15) is 23.0 Å². The van der Waals surface area contributed by atoms with E-state index in [1.165, 1.54) is 0 Å². The average Bonchev–Trinajstić information content (AvgIpc) is 3.07. The molecule has 8 N–H and O–H groups in total. The van der Waals surface area contributed by atoms with Crippen molar-refractivity contribution in [3.63, 3.8) is 0 Å². The Morgan fingerprint density at radius 1 is 0.556 bits per heavy atom. The molecule has 0 unspecified atom stereocenters. The summed E-state index contributed by atoms with van der Waals surface area (Å²) in [7, 11) is 0. The van der Waals surface area contributed by atoms with E-state index in [0.29, 0.717) is 26.2 Å². The van der Waals surface area contributed by atoms with Crippen LogP contribution in [0.15, 0.2) is 33.1 Å². The van der Waals surface area contributed by atoms with Crippen LogP contribution in [-0.2, 0) is 26.2 Å². The van der Waals surface area contributed by atoms with E-state index in [1.807, 2.05) is 24.3 Å². The Balaban J connectivity index is 0.000000180. The summed E-state index contributed by atoms with van der Waals surface area (Å²) in [6.07, 6.45) is 0. The molecule has 2 rings (SSSR count). The van der Waals surface area contributed by atoms with Gasteiger partial charge in [-0.25, -0.2) is 0 Å². The fraction of sp³-hybridized carbons (Fsp3) is 0.333. The predicted octanol–water partition coefficient (Wildman–Crippen LogP) is 0.394. The number of nitrogens with two attached hydrogens (primary N) is 4. The molecule has 0 spiro atoms. The lowest BCUT2D eigenvalue weighted by molar-refractivity contribution is 0.468. The maximum atomic E-state index is 5.28. The molecule has 0 aliphatic heterocycles. The minimum atomic E-state index is 0.444. The normalized spacial score (nSPS) is 10.0. The second-order valence-electron chi connectivity index (χ2n) is 3.55. The molecule has 2 aromatic heterocycles. The third-order valence-corrected chi connectivity index (χ3v) is 2.24. The molecular formula is C12H20N4O2. The van der Waals surface area contributed by atoms with E-state index in [0.717, 1.165) is 23.0 Å². The Hall–Kier alpha value is -1.60. The summed E-state index contributed by atoms with van der Waals surface area (Å²) in [5.74, 6) is 3.15. The molecule has 0 radical (unpaired) electrons. The zero-order valence-corrected chi connectivity index (χ0v) is 10.3. The maximum absolute atomic E-state index is 5.28. The Morgan fingerprint density at radius 3 is 0.889 bits per heavy atom. The number of hydrogen-bond acceptors (Lipinski definition) is 6. The topological polar surface area (TPSA) is 130 Å². The molecule has 0 amide bonds. The van der Waals surface area contributed by atoms with Crippen molar-refractivity contribution < 1.29 is 8.83 Å². The van der Waals surface area contributed by atoms with Crippen molar-refractivity contribution in [2.24, 2.45) is 22.9 Å². The van der Waals surface area contributed by atoms with Crippen molar-refractivity contribution in [1.82, 2.24) is 0 Å². The molecule has 0 aliphatic rings. The lowest BCUT2D eigenvalue weighted by atomic mass is 10.4. The fourth-order valence-electron chi connectivity index (χ4n) is 1.28. The quantitative estimate of drug-likeness (QED) is 0.622. The smallest absolute Gasteiger partial charge is 0.117 e. The molecule has 0 atom stereocenters. The fourth-order valence-corrected chi connectivity index (χ4v) is 1.28. The Bertz CT molecular complexity index is 371. The van der Waals surface area contributed by atoms with Crippen molar-refractivity contribution in [2.45, 2.75) is 26.2 Å². The van der Waals surface area contributed by atoms with E-state index in [2.05, 4.69) is 0 Å². The van der Waals surface area contributed by atoms with Crippen LogP contribution in [0.25, 0.3) is 0 Å². The van der Waals surface area contributed by atoms with E-state index in [-0.39, 0.29) is 0 Å². The maximum Gasteiger partial charge on any atom is 0.117 e. The summed E-state index contributed by atoms with van der Waals surface area (Å²) in [6.45, 7) is 1.78. The van der Waals surface area contributed by atoms with Crippen LogP contribution in [0, 0.1) is 0 Å². The van der Waals surface area contributed by atoms with Crippen LogP contribution in [0.1, 0.15) is 23.0 Å². The molecule has 0 fully saturated rings. The minimum Gasteiger partial charge on any atom is -0.463 e. The van der Waals surface area contributed by atoms with Gasteiger partial charge in [0.25, 0.3) is 0 Å². The lowest BCUT2D eigenvalue weighted by Gasteiger charge is -1.87. The van der Waals surface area contributed by atoms with E-state index in [4.69, 9.17) is 31.8 Å². The SMILES string of the molecule is NCc1ccc(CN)o1.NCc1ccc(CN)o1. The zero-order chi connectivity index (χ0) is 13.4. The molecule has 0 saturated carbocycles. The zero-order valence-electron chi connectivity index (χ0n) is 10.3. The molecule has 2 heterocycles. The van der Waals surface area contributed by atoms with Gasteiger partial charge in [0.05, 0.1) is 26.2 Å². The minimum absolute atomic E-state index is 0.444. The summed E-state index contributed by atoms with van der Waals surface area (Å²) in [6, 6.07) is 7.34. The first-order chi connectivity index (χ1) is 8.73. The van der Waals surface area contributed by atoms with Gasteiger partial charge in [0, 0.05) is 0 Å². The number of hydrogen-bond donors (Lipinski definition) is 4. The molecule has 6 nitrogen and oxygen atoms in total. The van der Waals surface area contributed by atoms with Gasteiger partial charge >= 0.3 is 0 Å². The Kier molecular flexibility index (Phi) is 6.16. The highest BCUT2D eigenvalue weighted by molar-refractivity contribution is 5.06. The first-order valence-electron chi connectivity index (χ1n) is 5.69. The summed E-state index contributed by atoms with van der Waals surface area (Å²) in [5.41, 5.74) is 21.1. The highest BCUT2D eigenvalue weighted by atomic mass is 16.3. The van der Waals surface area contributed by atoms with Crippen LogP contribution in [0.5, 0.6) is 0 Å². The van der Waals surface area contributed by atoms with Gasteiger partial charge in [0.15, 0.2) is 0 Å². The Labute approximate surface area is 106 Å². The van der Waals surface area contributed by atoms with Gasteiger partial charge in [-0.15, -0.1) is 0 Å². The summed E-state index contributed by atoms with van der Waals surface area (Å²) in [4.78, 5) is 0. The molecule has 0 aliphatic carbocycles. The van der Waals surface area contributed by atoms with E-state index in [1.54, 1.807) is 0 Å². The van der Waals surface area contributed by atoms with E-state index in [9.17, 15) is 0 Å². The van der Waals surface area contributed by atoms with Gasteiger partial charge < -0.3 is 31.8 Å². The number of furan rings is 2. The van der Waals surface area contributed by atoms with Gasteiger partial charge in [-0.2, -0.15) is 0 Å². The van der Waals surface area contributed by atoms with Gasteiger partial charge in [-0.3, -0.25) is 0 Å². The van der Waals surface area contributed by atoms with Crippen LogP contribution in [0.3, 0.4) is 0 Å². The second-order valence-corrected chi connectivity index (χ2v) is 3.55. The molecule has 18 heavy (non-hydrogen) atoms. The van der Waals surface area contributed by atoms with Crippen molar-refractivity contribution >= 4 is 0 Å². The monoisotopic (exact) mass is 252 g/mol. The van der Waals surface area contributed by atoms with Gasteiger partial charge in [-0.05, 0) is 24.3 Å². The Morgan fingerprint density at radius 2 is 0.778 bits per heavy atom. The summed E-state index contributed by atoms with van der Waals surface area (Å²) >= 11 is 0. The largest absolute Gasteiger partial charge is 0.463 e. The number of rotatable bonds is 4. The van der Waals surface area contributed by atoms with Crippen LogP contribution >= 0.6 is 0 Å². The molecule has 2 aromatic rings. The lowest BCUT2D eigenvalue weighted by Crippen LogP contribution is -1.95. The van der Waals surface area contributed by atoms with Crippen molar-refractivity contribution in [3.8, 4) is 0 Å². The molecular weight excluding hydrogens is 232 g/mol. The van der Waals surface area contributed by atoms with Crippen molar-refractivity contribution in [3.05, 3.63) is 47.3 Å². The summed E-state index contributed by atoms with van der Waals surface area (Å²) < 4.78 is 10.3. The highest BCUT2D eigenvalue weighted by Gasteiger charge is 1.96. The summed E-state index contributed by atoms with van der Waals surface area (Å²) in [5, 5.41) is 0. The first kappa shape index (κ1) is 14.5.